The van der Waals surface area contributed by atoms with Crippen molar-refractivity contribution in [3.05, 3.63) is 59.7 Å². The Labute approximate surface area is 171 Å². The summed E-state index contributed by atoms with van der Waals surface area (Å²) >= 11 is 0. The predicted octanol–water partition coefficient (Wildman–Crippen LogP) is 3.09. The molecule has 6 nitrogen and oxygen atoms in total. The SMILES string of the molecule is CNC(C)C(=O)Nc1ccc(/C=C/c2ccc(NC(=O)C3CCCN3)cc2)cc1. The normalized spacial score (nSPS) is 17.2. The molecule has 152 valence electrons. The Balaban J connectivity index is 1.54. The van der Waals surface area contributed by atoms with Crippen LogP contribution in [0.4, 0.5) is 11.4 Å². The molecule has 4 N–H and O–H groups in total. The van der Waals surface area contributed by atoms with Gasteiger partial charge in [0, 0.05) is 11.4 Å². The molecule has 29 heavy (non-hydrogen) atoms. The summed E-state index contributed by atoms with van der Waals surface area (Å²) in [6.45, 7) is 2.72. The molecule has 1 aliphatic rings. The van der Waals surface area contributed by atoms with Crippen molar-refractivity contribution in [2.45, 2.75) is 31.8 Å². The minimum absolute atomic E-state index is 0.0297. The lowest BCUT2D eigenvalue weighted by atomic mass is 10.1. The standard InChI is InChI=1S/C23H28N4O2/c1-16(24-2)22(28)26-19-11-7-17(8-12-19)5-6-18-9-13-20(14-10-18)27-23(29)21-4-3-15-25-21/h5-14,16,21,24-25H,3-4,15H2,1-2H3,(H,26,28)(H,27,29)/b6-5+. The fraction of sp³-hybridized carbons (Fsp3) is 0.304. The van der Waals surface area contributed by atoms with Crippen LogP contribution in [0.25, 0.3) is 12.2 Å². The molecule has 2 atom stereocenters. The lowest BCUT2D eigenvalue weighted by Gasteiger charge is -2.11. The topological polar surface area (TPSA) is 82.3 Å². The van der Waals surface area contributed by atoms with Gasteiger partial charge in [-0.3, -0.25) is 9.59 Å². The van der Waals surface area contributed by atoms with Crippen molar-refractivity contribution in [2.75, 3.05) is 24.2 Å². The molecule has 1 aliphatic heterocycles. The van der Waals surface area contributed by atoms with Crippen molar-refractivity contribution in [1.29, 1.82) is 0 Å². The van der Waals surface area contributed by atoms with Gasteiger partial charge in [0.05, 0.1) is 12.1 Å². The van der Waals surface area contributed by atoms with Gasteiger partial charge in [0.15, 0.2) is 0 Å². The van der Waals surface area contributed by atoms with Crippen LogP contribution in [0.1, 0.15) is 30.9 Å². The predicted molar refractivity (Wildman–Crippen MR) is 119 cm³/mol. The highest BCUT2D eigenvalue weighted by Crippen LogP contribution is 2.16. The van der Waals surface area contributed by atoms with Crippen LogP contribution in [0.5, 0.6) is 0 Å². The second-order valence-corrected chi connectivity index (χ2v) is 7.22. The van der Waals surface area contributed by atoms with Crippen molar-refractivity contribution < 1.29 is 9.59 Å². The number of carbonyl (C=O) groups is 2. The molecule has 0 aromatic heterocycles. The van der Waals surface area contributed by atoms with Crippen LogP contribution in [-0.2, 0) is 9.59 Å². The summed E-state index contributed by atoms with van der Waals surface area (Å²) in [5, 5.41) is 11.9. The molecule has 1 saturated heterocycles. The molecular formula is C23H28N4O2. The van der Waals surface area contributed by atoms with Crippen molar-refractivity contribution in [3.8, 4) is 0 Å². The largest absolute Gasteiger partial charge is 0.325 e. The van der Waals surface area contributed by atoms with Gasteiger partial charge in [0.1, 0.15) is 0 Å². The first-order valence-electron chi connectivity index (χ1n) is 9.96. The van der Waals surface area contributed by atoms with Gasteiger partial charge in [0.2, 0.25) is 11.8 Å². The summed E-state index contributed by atoms with van der Waals surface area (Å²) in [7, 11) is 1.76. The lowest BCUT2D eigenvalue weighted by Crippen LogP contribution is -2.35. The fourth-order valence-corrected chi connectivity index (χ4v) is 3.07. The Hall–Kier alpha value is -2.96. The van der Waals surface area contributed by atoms with E-state index in [1.807, 2.05) is 67.6 Å². The summed E-state index contributed by atoms with van der Waals surface area (Å²) < 4.78 is 0. The van der Waals surface area contributed by atoms with Gasteiger partial charge in [-0.1, -0.05) is 36.4 Å². The maximum atomic E-state index is 12.1. The molecule has 2 aromatic carbocycles. The van der Waals surface area contributed by atoms with E-state index in [0.717, 1.165) is 41.9 Å². The van der Waals surface area contributed by atoms with Crippen LogP contribution in [0, 0.1) is 0 Å². The van der Waals surface area contributed by atoms with E-state index in [4.69, 9.17) is 0 Å². The number of benzene rings is 2. The van der Waals surface area contributed by atoms with Crippen LogP contribution >= 0.6 is 0 Å². The van der Waals surface area contributed by atoms with Gasteiger partial charge in [-0.15, -0.1) is 0 Å². The Morgan fingerprint density at radius 2 is 1.52 bits per heavy atom. The number of carbonyl (C=O) groups excluding carboxylic acids is 2. The van der Waals surface area contributed by atoms with Crippen LogP contribution in [-0.4, -0.2) is 37.5 Å². The van der Waals surface area contributed by atoms with Gasteiger partial charge in [-0.2, -0.15) is 0 Å². The van der Waals surface area contributed by atoms with Gasteiger partial charge >= 0.3 is 0 Å². The summed E-state index contributed by atoms with van der Waals surface area (Å²) in [5.41, 5.74) is 3.65. The summed E-state index contributed by atoms with van der Waals surface area (Å²) in [5.74, 6) is -0.0335. The molecule has 1 fully saturated rings. The number of likely N-dealkylation sites (N-methyl/N-ethyl adjacent to an activating group) is 1. The highest BCUT2D eigenvalue weighted by atomic mass is 16.2. The average molecular weight is 393 g/mol. The molecule has 6 heteroatoms. The van der Waals surface area contributed by atoms with E-state index in [2.05, 4.69) is 21.3 Å². The fourth-order valence-electron chi connectivity index (χ4n) is 3.07. The molecule has 3 rings (SSSR count). The molecule has 0 spiro atoms. The van der Waals surface area contributed by atoms with E-state index in [-0.39, 0.29) is 23.9 Å². The highest BCUT2D eigenvalue weighted by molar-refractivity contribution is 5.95. The Morgan fingerprint density at radius 1 is 0.966 bits per heavy atom. The number of hydrogen-bond donors (Lipinski definition) is 4. The van der Waals surface area contributed by atoms with Crippen molar-refractivity contribution in [2.24, 2.45) is 0 Å². The quantitative estimate of drug-likeness (QED) is 0.546. The molecule has 2 aromatic rings. The second-order valence-electron chi connectivity index (χ2n) is 7.22. The maximum Gasteiger partial charge on any atom is 0.241 e. The smallest absolute Gasteiger partial charge is 0.241 e. The van der Waals surface area contributed by atoms with Gasteiger partial charge in [0.25, 0.3) is 0 Å². The first-order chi connectivity index (χ1) is 14.0. The number of anilines is 2. The van der Waals surface area contributed by atoms with E-state index < -0.39 is 0 Å². The minimum atomic E-state index is -0.239. The second kappa shape index (κ2) is 10.0. The number of rotatable bonds is 7. The first-order valence-corrected chi connectivity index (χ1v) is 9.96. The van der Waals surface area contributed by atoms with Crippen molar-refractivity contribution in [1.82, 2.24) is 10.6 Å². The minimum Gasteiger partial charge on any atom is -0.325 e. The average Bonchev–Trinajstić information content (AvgIpc) is 3.29. The number of hydrogen-bond acceptors (Lipinski definition) is 4. The van der Waals surface area contributed by atoms with Crippen molar-refractivity contribution in [3.63, 3.8) is 0 Å². The third kappa shape index (κ3) is 6.01. The molecule has 2 amide bonds. The van der Waals surface area contributed by atoms with E-state index >= 15 is 0 Å². The lowest BCUT2D eigenvalue weighted by molar-refractivity contribution is -0.118. The van der Waals surface area contributed by atoms with Crippen LogP contribution in [0.3, 0.4) is 0 Å². The zero-order valence-electron chi connectivity index (χ0n) is 16.9. The first kappa shape index (κ1) is 20.8. The molecular weight excluding hydrogens is 364 g/mol. The summed E-state index contributed by atoms with van der Waals surface area (Å²) in [6.07, 6.45) is 5.96. The van der Waals surface area contributed by atoms with E-state index in [9.17, 15) is 9.59 Å². The highest BCUT2D eigenvalue weighted by Gasteiger charge is 2.21. The maximum absolute atomic E-state index is 12.1. The van der Waals surface area contributed by atoms with Crippen molar-refractivity contribution >= 4 is 35.3 Å². The number of amides is 2. The van der Waals surface area contributed by atoms with Gasteiger partial charge < -0.3 is 21.3 Å². The summed E-state index contributed by atoms with van der Waals surface area (Å²) in [6, 6.07) is 15.1. The van der Waals surface area contributed by atoms with E-state index in [1.165, 1.54) is 0 Å². The monoisotopic (exact) mass is 392 g/mol. The zero-order valence-corrected chi connectivity index (χ0v) is 16.9. The Bertz CT molecular complexity index is 853. The summed E-state index contributed by atoms with van der Waals surface area (Å²) in [4.78, 5) is 24.0. The van der Waals surface area contributed by atoms with Crippen LogP contribution < -0.4 is 21.3 Å². The zero-order chi connectivity index (χ0) is 20.6. The molecule has 0 radical (unpaired) electrons. The third-order valence-electron chi connectivity index (χ3n) is 5.03. The Morgan fingerprint density at radius 3 is 2.00 bits per heavy atom. The van der Waals surface area contributed by atoms with Crippen LogP contribution in [0.2, 0.25) is 0 Å². The third-order valence-corrected chi connectivity index (χ3v) is 5.03. The van der Waals surface area contributed by atoms with Crippen LogP contribution in [0.15, 0.2) is 48.5 Å². The number of nitrogens with one attached hydrogen (secondary N) is 4. The molecule has 1 heterocycles. The molecule has 0 bridgehead atoms. The molecule has 2 unspecified atom stereocenters. The van der Waals surface area contributed by atoms with E-state index in [1.54, 1.807) is 7.05 Å². The Kier molecular flexibility index (Phi) is 7.16. The molecule has 0 aliphatic carbocycles. The van der Waals surface area contributed by atoms with Gasteiger partial charge in [-0.05, 0) is 68.8 Å². The van der Waals surface area contributed by atoms with E-state index in [0.29, 0.717) is 0 Å². The van der Waals surface area contributed by atoms with Gasteiger partial charge in [-0.25, -0.2) is 0 Å². The molecule has 0 saturated carbocycles.